The third kappa shape index (κ3) is 6.46. The molecular weight excluding hydrogens is 333 g/mol. The number of hydrogen-bond acceptors (Lipinski definition) is 3. The second-order valence-corrected chi connectivity index (χ2v) is 5.57. The number of halogens is 3. The fourth-order valence-corrected chi connectivity index (χ4v) is 2.15. The maximum atomic E-state index is 13.1. The van der Waals surface area contributed by atoms with Crippen molar-refractivity contribution >= 4 is 11.6 Å². The molecule has 0 spiro atoms. The Morgan fingerprint density at radius 2 is 1.80 bits per heavy atom. The molecule has 0 aliphatic carbocycles. The van der Waals surface area contributed by atoms with Gasteiger partial charge in [0.05, 0.1) is 13.2 Å². The molecule has 0 radical (unpaired) electrons. The van der Waals surface area contributed by atoms with Crippen LogP contribution in [-0.2, 0) is 4.79 Å². The topological polar surface area (TPSA) is 41.6 Å². The van der Waals surface area contributed by atoms with Gasteiger partial charge in [0.25, 0.3) is 0 Å². The number of nitrogens with one attached hydrogen (secondary N) is 1. The van der Waals surface area contributed by atoms with E-state index in [0.29, 0.717) is 25.3 Å². The van der Waals surface area contributed by atoms with Gasteiger partial charge in [0.2, 0.25) is 5.91 Å². The molecule has 0 saturated carbocycles. The number of likely N-dealkylation sites (N-methyl/N-ethyl adjacent to an activating group) is 1. The SMILES string of the molecule is CN(CCCOc1ccc(F)cc1)CC(=O)Nc1ccc(F)c(F)c1. The first-order valence-corrected chi connectivity index (χ1v) is 7.76. The Morgan fingerprint density at radius 1 is 1.08 bits per heavy atom. The molecule has 134 valence electrons. The second-order valence-electron chi connectivity index (χ2n) is 5.57. The van der Waals surface area contributed by atoms with Gasteiger partial charge in [-0.15, -0.1) is 0 Å². The van der Waals surface area contributed by atoms with Crippen LogP contribution in [0.2, 0.25) is 0 Å². The first kappa shape index (κ1) is 18.8. The highest BCUT2D eigenvalue weighted by atomic mass is 19.2. The maximum absolute atomic E-state index is 13.1. The van der Waals surface area contributed by atoms with E-state index in [1.54, 1.807) is 24.1 Å². The Balaban J connectivity index is 1.67. The Bertz CT molecular complexity index is 708. The lowest BCUT2D eigenvalue weighted by molar-refractivity contribution is -0.117. The first-order chi connectivity index (χ1) is 11.9. The molecule has 0 atom stereocenters. The lowest BCUT2D eigenvalue weighted by atomic mass is 10.3. The van der Waals surface area contributed by atoms with Gasteiger partial charge in [0, 0.05) is 18.3 Å². The van der Waals surface area contributed by atoms with Crippen molar-refractivity contribution in [2.24, 2.45) is 0 Å². The minimum absolute atomic E-state index is 0.107. The van der Waals surface area contributed by atoms with E-state index in [1.807, 2.05) is 0 Å². The van der Waals surface area contributed by atoms with E-state index in [0.717, 1.165) is 12.1 Å². The predicted octanol–water partition coefficient (Wildman–Crippen LogP) is 3.44. The van der Waals surface area contributed by atoms with Crippen LogP contribution < -0.4 is 10.1 Å². The number of hydrogen-bond donors (Lipinski definition) is 1. The molecule has 1 amide bonds. The van der Waals surface area contributed by atoms with E-state index >= 15 is 0 Å². The van der Waals surface area contributed by atoms with Crippen LogP contribution in [0.25, 0.3) is 0 Å². The van der Waals surface area contributed by atoms with E-state index in [9.17, 15) is 18.0 Å². The Labute approximate surface area is 144 Å². The van der Waals surface area contributed by atoms with Crippen LogP contribution in [0.15, 0.2) is 42.5 Å². The summed E-state index contributed by atoms with van der Waals surface area (Å²) in [5.41, 5.74) is 0.206. The molecule has 0 aromatic heterocycles. The molecule has 0 saturated heterocycles. The summed E-state index contributed by atoms with van der Waals surface area (Å²) in [5.74, 6) is -2.03. The molecule has 0 bridgehead atoms. The van der Waals surface area contributed by atoms with Gasteiger partial charge in [-0.25, -0.2) is 13.2 Å². The van der Waals surface area contributed by atoms with E-state index in [2.05, 4.69) is 5.32 Å². The van der Waals surface area contributed by atoms with Crippen LogP contribution in [0.5, 0.6) is 5.75 Å². The zero-order valence-electron chi connectivity index (χ0n) is 13.8. The number of ether oxygens (including phenoxy) is 1. The summed E-state index contributed by atoms with van der Waals surface area (Å²) in [6.45, 7) is 1.14. The van der Waals surface area contributed by atoms with Gasteiger partial charge in [-0.1, -0.05) is 0 Å². The number of anilines is 1. The van der Waals surface area contributed by atoms with Crippen molar-refractivity contribution in [3.8, 4) is 5.75 Å². The molecule has 7 heteroatoms. The van der Waals surface area contributed by atoms with Gasteiger partial charge in [-0.3, -0.25) is 9.69 Å². The monoisotopic (exact) mass is 352 g/mol. The third-order valence-corrected chi connectivity index (χ3v) is 3.38. The van der Waals surface area contributed by atoms with Gasteiger partial charge >= 0.3 is 0 Å². The molecule has 2 aromatic rings. The smallest absolute Gasteiger partial charge is 0.238 e. The highest BCUT2D eigenvalue weighted by Gasteiger charge is 2.09. The summed E-state index contributed by atoms with van der Waals surface area (Å²) in [5, 5.41) is 2.51. The van der Waals surface area contributed by atoms with Crippen LogP contribution >= 0.6 is 0 Å². The average molecular weight is 352 g/mol. The molecule has 0 aliphatic rings. The van der Waals surface area contributed by atoms with E-state index in [-0.39, 0.29) is 24.0 Å². The summed E-state index contributed by atoms with van der Waals surface area (Å²) in [4.78, 5) is 13.7. The third-order valence-electron chi connectivity index (χ3n) is 3.38. The van der Waals surface area contributed by atoms with Crippen molar-refractivity contribution in [3.63, 3.8) is 0 Å². The minimum Gasteiger partial charge on any atom is -0.494 e. The molecule has 0 unspecified atom stereocenters. The first-order valence-electron chi connectivity index (χ1n) is 7.76. The largest absolute Gasteiger partial charge is 0.494 e. The van der Waals surface area contributed by atoms with Gasteiger partial charge in [0.1, 0.15) is 11.6 Å². The predicted molar refractivity (Wildman–Crippen MR) is 89.0 cm³/mol. The maximum Gasteiger partial charge on any atom is 0.238 e. The highest BCUT2D eigenvalue weighted by molar-refractivity contribution is 5.92. The molecule has 2 rings (SSSR count). The van der Waals surface area contributed by atoms with Crippen molar-refractivity contribution in [1.29, 1.82) is 0 Å². The molecule has 2 aromatic carbocycles. The number of carbonyl (C=O) groups is 1. The van der Waals surface area contributed by atoms with E-state index in [1.165, 1.54) is 18.2 Å². The molecular formula is C18H19F3N2O2. The quantitative estimate of drug-likeness (QED) is 0.740. The Kier molecular flexibility index (Phi) is 6.82. The Hall–Kier alpha value is -2.54. The highest BCUT2D eigenvalue weighted by Crippen LogP contribution is 2.13. The van der Waals surface area contributed by atoms with Gasteiger partial charge < -0.3 is 10.1 Å². The molecule has 25 heavy (non-hydrogen) atoms. The Morgan fingerprint density at radius 3 is 2.48 bits per heavy atom. The van der Waals surface area contributed by atoms with Crippen molar-refractivity contribution in [2.75, 3.05) is 32.1 Å². The van der Waals surface area contributed by atoms with Crippen molar-refractivity contribution < 1.29 is 22.7 Å². The van der Waals surface area contributed by atoms with Crippen molar-refractivity contribution in [1.82, 2.24) is 4.90 Å². The fourth-order valence-electron chi connectivity index (χ4n) is 2.15. The number of nitrogens with zero attached hydrogens (tertiary/aromatic N) is 1. The average Bonchev–Trinajstić information content (AvgIpc) is 2.56. The molecule has 4 nitrogen and oxygen atoms in total. The van der Waals surface area contributed by atoms with Crippen LogP contribution in [0.3, 0.4) is 0 Å². The number of benzene rings is 2. The normalized spacial score (nSPS) is 10.8. The zero-order valence-corrected chi connectivity index (χ0v) is 13.8. The molecule has 1 N–H and O–H groups in total. The summed E-state index contributed by atoms with van der Waals surface area (Å²) >= 11 is 0. The van der Waals surface area contributed by atoms with Gasteiger partial charge in [-0.05, 0) is 49.9 Å². The van der Waals surface area contributed by atoms with Crippen LogP contribution in [0, 0.1) is 17.5 Å². The standard InChI is InChI=1S/C18H19F3N2O2/c1-23(9-2-10-25-15-6-3-13(19)4-7-15)12-18(24)22-14-5-8-16(20)17(21)11-14/h3-8,11H,2,9-10,12H2,1H3,(H,22,24). The lowest BCUT2D eigenvalue weighted by Gasteiger charge is -2.16. The zero-order chi connectivity index (χ0) is 18.2. The fraction of sp³-hybridized carbons (Fsp3) is 0.278. The number of rotatable bonds is 8. The van der Waals surface area contributed by atoms with Crippen molar-refractivity contribution in [2.45, 2.75) is 6.42 Å². The summed E-state index contributed by atoms with van der Waals surface area (Å²) in [6, 6.07) is 8.94. The van der Waals surface area contributed by atoms with E-state index in [4.69, 9.17) is 4.74 Å². The van der Waals surface area contributed by atoms with Crippen LogP contribution in [0.1, 0.15) is 6.42 Å². The van der Waals surface area contributed by atoms with Crippen molar-refractivity contribution in [3.05, 3.63) is 59.9 Å². The van der Waals surface area contributed by atoms with Crippen LogP contribution in [0.4, 0.5) is 18.9 Å². The molecule has 0 fully saturated rings. The number of carbonyl (C=O) groups excluding carboxylic acids is 1. The lowest BCUT2D eigenvalue weighted by Crippen LogP contribution is -2.31. The number of amides is 1. The molecule has 0 aliphatic heterocycles. The summed E-state index contributed by atoms with van der Waals surface area (Å²) in [6.07, 6.45) is 0.673. The molecule has 0 heterocycles. The van der Waals surface area contributed by atoms with E-state index < -0.39 is 11.6 Å². The second kappa shape index (κ2) is 9.08. The van der Waals surface area contributed by atoms with Crippen LogP contribution in [-0.4, -0.2) is 37.6 Å². The summed E-state index contributed by atoms with van der Waals surface area (Å²) < 4.78 is 44.1. The summed E-state index contributed by atoms with van der Waals surface area (Å²) in [7, 11) is 1.77. The van der Waals surface area contributed by atoms with Gasteiger partial charge in [-0.2, -0.15) is 0 Å². The van der Waals surface area contributed by atoms with Gasteiger partial charge in [0.15, 0.2) is 11.6 Å². The minimum atomic E-state index is -1.01.